The van der Waals surface area contributed by atoms with E-state index in [9.17, 15) is 9.59 Å². The van der Waals surface area contributed by atoms with Crippen LogP contribution in [0.1, 0.15) is 23.7 Å². The molecule has 0 aliphatic rings. The monoisotopic (exact) mass is 347 g/mol. The summed E-state index contributed by atoms with van der Waals surface area (Å²) in [7, 11) is 1.30. The summed E-state index contributed by atoms with van der Waals surface area (Å²) in [5.74, 6) is -0.682. The first-order valence-electron chi connectivity index (χ1n) is 5.80. The highest BCUT2D eigenvalue weighted by molar-refractivity contribution is 9.10. The van der Waals surface area contributed by atoms with Crippen LogP contribution in [-0.2, 0) is 9.53 Å². The molecule has 104 valence electrons. The summed E-state index contributed by atoms with van der Waals surface area (Å²) in [4.78, 5) is 25.1. The predicted octanol–water partition coefficient (Wildman–Crippen LogP) is 3.13. The van der Waals surface area contributed by atoms with E-state index in [4.69, 9.17) is 11.6 Å². The maximum absolute atomic E-state index is 12.3. The summed E-state index contributed by atoms with van der Waals surface area (Å²) < 4.78 is 5.31. The molecule has 1 aromatic carbocycles. The summed E-state index contributed by atoms with van der Waals surface area (Å²) in [5, 5.41) is 0.465. The van der Waals surface area contributed by atoms with Gasteiger partial charge in [-0.05, 0) is 24.6 Å². The third kappa shape index (κ3) is 4.84. The highest BCUT2D eigenvalue weighted by Gasteiger charge is 2.19. The first-order valence-corrected chi connectivity index (χ1v) is 6.97. The summed E-state index contributed by atoms with van der Waals surface area (Å²) in [6, 6.07) is 4.95. The molecule has 0 bridgehead atoms. The van der Waals surface area contributed by atoms with E-state index in [1.165, 1.54) is 12.0 Å². The molecule has 0 atom stereocenters. The molecule has 0 unspecified atom stereocenters. The zero-order valence-electron chi connectivity index (χ0n) is 10.8. The standard InChI is InChI=1S/C13H15BrClNO3/c1-3-4-16(8-12(17)19-2)13(18)9-5-10(14)7-11(15)6-9/h5-7H,3-4,8H2,1-2H3. The van der Waals surface area contributed by atoms with Gasteiger partial charge in [0.25, 0.3) is 5.91 Å². The first kappa shape index (κ1) is 16.0. The van der Waals surface area contributed by atoms with Crippen LogP contribution in [0.2, 0.25) is 5.02 Å². The molecule has 0 aliphatic heterocycles. The van der Waals surface area contributed by atoms with Crippen molar-refractivity contribution in [2.75, 3.05) is 20.2 Å². The van der Waals surface area contributed by atoms with Crippen LogP contribution in [0.4, 0.5) is 0 Å². The van der Waals surface area contributed by atoms with E-state index in [-0.39, 0.29) is 12.5 Å². The smallest absolute Gasteiger partial charge is 0.325 e. The van der Waals surface area contributed by atoms with Gasteiger partial charge < -0.3 is 9.64 Å². The Bertz CT molecular complexity index is 459. The number of carbonyl (C=O) groups is 2. The van der Waals surface area contributed by atoms with E-state index in [0.717, 1.165) is 10.9 Å². The van der Waals surface area contributed by atoms with Gasteiger partial charge in [0.1, 0.15) is 6.54 Å². The highest BCUT2D eigenvalue weighted by Crippen LogP contribution is 2.20. The average molecular weight is 349 g/mol. The molecule has 1 amide bonds. The van der Waals surface area contributed by atoms with E-state index in [1.54, 1.807) is 18.2 Å². The molecule has 0 N–H and O–H groups in total. The fourth-order valence-electron chi connectivity index (χ4n) is 1.60. The van der Waals surface area contributed by atoms with Gasteiger partial charge in [-0.25, -0.2) is 0 Å². The van der Waals surface area contributed by atoms with Crippen molar-refractivity contribution in [3.63, 3.8) is 0 Å². The Balaban J connectivity index is 2.94. The molecule has 0 saturated heterocycles. The minimum atomic E-state index is -0.442. The number of benzene rings is 1. The normalized spacial score (nSPS) is 10.1. The summed E-state index contributed by atoms with van der Waals surface area (Å²) in [6.07, 6.45) is 0.754. The molecule has 0 spiro atoms. The van der Waals surface area contributed by atoms with Crippen molar-refractivity contribution >= 4 is 39.4 Å². The molecule has 4 nitrogen and oxygen atoms in total. The van der Waals surface area contributed by atoms with Crippen molar-refractivity contribution in [1.82, 2.24) is 4.90 Å². The third-order valence-corrected chi connectivity index (χ3v) is 3.11. The Kier molecular flexibility index (Phi) is 6.31. The number of esters is 1. The molecule has 1 rings (SSSR count). The second-order valence-corrected chi connectivity index (χ2v) is 5.31. The van der Waals surface area contributed by atoms with Crippen LogP contribution in [0.25, 0.3) is 0 Å². The number of ether oxygens (including phenoxy) is 1. The van der Waals surface area contributed by atoms with E-state index in [0.29, 0.717) is 17.1 Å². The van der Waals surface area contributed by atoms with Crippen molar-refractivity contribution in [1.29, 1.82) is 0 Å². The van der Waals surface area contributed by atoms with Gasteiger partial charge in [-0.3, -0.25) is 9.59 Å². The summed E-state index contributed by atoms with van der Waals surface area (Å²) in [5.41, 5.74) is 0.441. The van der Waals surface area contributed by atoms with Gasteiger partial charge in [0.15, 0.2) is 0 Å². The van der Waals surface area contributed by atoms with E-state index in [1.807, 2.05) is 6.92 Å². The lowest BCUT2D eigenvalue weighted by Crippen LogP contribution is -2.36. The number of carbonyl (C=O) groups excluding carboxylic acids is 2. The number of rotatable bonds is 5. The van der Waals surface area contributed by atoms with Crippen LogP contribution < -0.4 is 0 Å². The Labute approximate surface area is 125 Å². The third-order valence-electron chi connectivity index (χ3n) is 2.44. The van der Waals surface area contributed by atoms with Gasteiger partial charge in [-0.2, -0.15) is 0 Å². The molecule has 0 radical (unpaired) electrons. The molecular formula is C13H15BrClNO3. The van der Waals surface area contributed by atoms with Crippen LogP contribution in [-0.4, -0.2) is 37.0 Å². The van der Waals surface area contributed by atoms with Crippen LogP contribution in [0.3, 0.4) is 0 Å². The van der Waals surface area contributed by atoms with E-state index >= 15 is 0 Å². The fourth-order valence-corrected chi connectivity index (χ4v) is 2.46. The lowest BCUT2D eigenvalue weighted by atomic mass is 10.2. The number of hydrogen-bond donors (Lipinski definition) is 0. The van der Waals surface area contributed by atoms with Gasteiger partial charge in [-0.1, -0.05) is 34.5 Å². The zero-order chi connectivity index (χ0) is 14.4. The van der Waals surface area contributed by atoms with Crippen LogP contribution in [0, 0.1) is 0 Å². The number of amides is 1. The number of nitrogens with zero attached hydrogens (tertiary/aromatic N) is 1. The Morgan fingerprint density at radius 2 is 2.05 bits per heavy atom. The first-order chi connectivity index (χ1) is 8.97. The van der Waals surface area contributed by atoms with Crippen molar-refractivity contribution in [2.45, 2.75) is 13.3 Å². The minimum absolute atomic E-state index is 0.0622. The van der Waals surface area contributed by atoms with E-state index in [2.05, 4.69) is 20.7 Å². The Hall–Kier alpha value is -1.07. The van der Waals surface area contributed by atoms with Crippen molar-refractivity contribution < 1.29 is 14.3 Å². The second kappa shape index (κ2) is 7.50. The van der Waals surface area contributed by atoms with Crippen molar-refractivity contribution in [3.05, 3.63) is 33.3 Å². The molecule has 0 aliphatic carbocycles. The zero-order valence-corrected chi connectivity index (χ0v) is 13.1. The average Bonchev–Trinajstić information content (AvgIpc) is 2.36. The van der Waals surface area contributed by atoms with Crippen LogP contribution >= 0.6 is 27.5 Å². The number of hydrogen-bond acceptors (Lipinski definition) is 3. The quantitative estimate of drug-likeness (QED) is 0.768. The summed E-state index contributed by atoms with van der Waals surface area (Å²) in [6.45, 7) is 2.36. The topological polar surface area (TPSA) is 46.6 Å². The molecule has 0 aromatic heterocycles. The predicted molar refractivity (Wildman–Crippen MR) is 77.4 cm³/mol. The largest absolute Gasteiger partial charge is 0.468 e. The fraction of sp³-hybridized carbons (Fsp3) is 0.385. The van der Waals surface area contributed by atoms with Gasteiger partial charge in [0.2, 0.25) is 0 Å². The lowest BCUT2D eigenvalue weighted by molar-refractivity contribution is -0.141. The second-order valence-electron chi connectivity index (χ2n) is 3.96. The molecule has 0 saturated carbocycles. The van der Waals surface area contributed by atoms with Gasteiger partial charge in [0, 0.05) is 21.6 Å². The summed E-state index contributed by atoms with van der Waals surface area (Å²) >= 11 is 9.20. The van der Waals surface area contributed by atoms with Crippen molar-refractivity contribution in [2.24, 2.45) is 0 Å². The Morgan fingerprint density at radius 1 is 1.37 bits per heavy atom. The number of methoxy groups -OCH3 is 1. The van der Waals surface area contributed by atoms with Crippen LogP contribution in [0.5, 0.6) is 0 Å². The van der Waals surface area contributed by atoms with Gasteiger partial charge in [-0.15, -0.1) is 0 Å². The van der Waals surface area contributed by atoms with Crippen LogP contribution in [0.15, 0.2) is 22.7 Å². The van der Waals surface area contributed by atoms with Gasteiger partial charge >= 0.3 is 5.97 Å². The molecular weight excluding hydrogens is 334 g/mol. The molecule has 0 fully saturated rings. The number of halogens is 2. The Morgan fingerprint density at radius 3 is 2.58 bits per heavy atom. The van der Waals surface area contributed by atoms with Gasteiger partial charge in [0.05, 0.1) is 7.11 Å². The van der Waals surface area contributed by atoms with E-state index < -0.39 is 5.97 Å². The molecule has 19 heavy (non-hydrogen) atoms. The molecule has 6 heteroatoms. The SMILES string of the molecule is CCCN(CC(=O)OC)C(=O)c1cc(Cl)cc(Br)c1. The minimum Gasteiger partial charge on any atom is -0.468 e. The maximum Gasteiger partial charge on any atom is 0.325 e. The lowest BCUT2D eigenvalue weighted by Gasteiger charge is -2.21. The molecule has 1 aromatic rings. The van der Waals surface area contributed by atoms with Crippen molar-refractivity contribution in [3.8, 4) is 0 Å². The highest BCUT2D eigenvalue weighted by atomic mass is 79.9. The molecule has 0 heterocycles. The maximum atomic E-state index is 12.3.